The van der Waals surface area contributed by atoms with Crippen LogP contribution in [-0.4, -0.2) is 118 Å². The minimum absolute atomic E-state index is 0.177. The lowest BCUT2D eigenvalue weighted by atomic mass is 9.63. The summed E-state index contributed by atoms with van der Waals surface area (Å²) < 4.78 is 72.4. The van der Waals surface area contributed by atoms with Gasteiger partial charge in [-0.1, -0.05) is 187 Å². The van der Waals surface area contributed by atoms with Gasteiger partial charge in [0.05, 0.1) is 143 Å². The van der Waals surface area contributed by atoms with Gasteiger partial charge < -0.3 is 87.1 Å². The topological polar surface area (TPSA) is 198 Å². The molecule has 692 valence electrons. The Hall–Kier alpha value is -14.2. The zero-order valence-electron chi connectivity index (χ0n) is 79.6. The SMILES string of the molecule is CCCCc1ccc(-c2cc(-c3c(OC)cc(OC)cc3OC)ccc2N(c2ccc(C3C(O)C(c4ccc(N(c5ccc(-c6c(OC)cc(OC)cc6OC)cc5-c5ccc(CCCC)cc5)c5ccc(-c6c(OC)cc(OC)cc6OC)cc5-c5ccc(CCCC)cc5)cc4O)C3O)c(O)c2)c2ccc(-c3c(OC)cc(OC)cc3OC)cc2-c2ccc(CCCC)cc2)cc1. The van der Waals surface area contributed by atoms with E-state index in [4.69, 9.17) is 56.8 Å². The first-order valence-electron chi connectivity index (χ1n) is 46.1. The maximum Gasteiger partial charge on any atom is 0.134 e. The number of aryl methyl sites for hydroxylation is 4. The Labute approximate surface area is 788 Å². The molecule has 1 saturated carbocycles. The third-order valence-electron chi connectivity index (χ3n) is 26.0. The Morgan fingerprint density at radius 2 is 0.433 bits per heavy atom. The monoisotopic (exact) mass is 1800 g/mol. The number of aromatic hydroxyl groups is 2. The summed E-state index contributed by atoms with van der Waals surface area (Å²) in [6.07, 6.45) is 9.32. The van der Waals surface area contributed by atoms with Crippen LogP contribution in [0.2, 0.25) is 0 Å². The first-order valence-corrected chi connectivity index (χ1v) is 46.1. The molecule has 0 unspecified atom stereocenters. The molecule has 18 nitrogen and oxygen atoms in total. The van der Waals surface area contributed by atoms with Gasteiger partial charge in [-0.05, 0) is 179 Å². The number of ether oxygens (including phenoxy) is 12. The molecular weight excluding hydrogens is 1680 g/mol. The maximum absolute atomic E-state index is 13.2. The predicted octanol–water partition coefficient (Wildman–Crippen LogP) is 27.4. The van der Waals surface area contributed by atoms with Crippen LogP contribution >= 0.6 is 0 Å². The van der Waals surface area contributed by atoms with E-state index in [0.717, 1.165) is 167 Å². The number of hydrogen-bond acceptors (Lipinski definition) is 18. The van der Waals surface area contributed by atoms with Gasteiger partial charge in [-0.3, -0.25) is 0 Å². The van der Waals surface area contributed by atoms with Crippen LogP contribution in [-0.2, 0) is 25.7 Å². The minimum Gasteiger partial charge on any atom is -0.508 e. The molecule has 18 heteroatoms. The van der Waals surface area contributed by atoms with E-state index in [2.05, 4.69) is 207 Å². The third kappa shape index (κ3) is 19.4. The number of unbranched alkanes of at least 4 members (excludes halogenated alkanes) is 4. The zero-order valence-corrected chi connectivity index (χ0v) is 79.6. The molecule has 0 amide bonds. The Balaban J connectivity index is 0.899. The lowest BCUT2D eigenvalue weighted by Gasteiger charge is -2.47. The van der Waals surface area contributed by atoms with Crippen molar-refractivity contribution in [1.82, 2.24) is 0 Å². The Kier molecular flexibility index (Phi) is 30.3. The Bertz CT molecular complexity index is 5630. The van der Waals surface area contributed by atoms with Crippen LogP contribution < -0.4 is 66.6 Å². The summed E-state index contributed by atoms with van der Waals surface area (Å²) >= 11 is 0. The third-order valence-corrected chi connectivity index (χ3v) is 26.0. The molecule has 1 fully saturated rings. The molecule has 0 spiro atoms. The fourth-order valence-electron chi connectivity index (χ4n) is 18.7. The number of phenolic OH excluding ortho intramolecular Hbond substituents is 2. The molecule has 0 bridgehead atoms. The van der Waals surface area contributed by atoms with Crippen molar-refractivity contribution in [3.05, 3.63) is 288 Å². The maximum atomic E-state index is 13.2. The van der Waals surface area contributed by atoms with Gasteiger partial charge in [0.15, 0.2) is 0 Å². The largest absolute Gasteiger partial charge is 0.508 e. The van der Waals surface area contributed by atoms with Gasteiger partial charge in [-0.15, -0.1) is 0 Å². The summed E-state index contributed by atoms with van der Waals surface area (Å²) in [4.78, 5) is 4.32. The Morgan fingerprint density at radius 1 is 0.231 bits per heavy atom. The summed E-state index contributed by atoms with van der Waals surface area (Å²) in [5.41, 5.74) is 22.5. The van der Waals surface area contributed by atoms with E-state index in [1.807, 2.05) is 60.7 Å². The number of hydrogen-bond donors (Lipinski definition) is 4. The second kappa shape index (κ2) is 43.0. The van der Waals surface area contributed by atoms with E-state index >= 15 is 0 Å². The van der Waals surface area contributed by atoms with Crippen molar-refractivity contribution in [2.75, 3.05) is 95.1 Å². The highest BCUT2D eigenvalue weighted by Crippen LogP contribution is 2.58. The zero-order chi connectivity index (χ0) is 94.4. The molecule has 134 heavy (non-hydrogen) atoms. The highest BCUT2D eigenvalue weighted by Gasteiger charge is 2.52. The molecule has 0 heterocycles. The van der Waals surface area contributed by atoms with Crippen LogP contribution in [0, 0.1) is 0 Å². The Morgan fingerprint density at radius 3 is 0.612 bits per heavy atom. The van der Waals surface area contributed by atoms with Gasteiger partial charge in [0.1, 0.15) is 80.5 Å². The van der Waals surface area contributed by atoms with E-state index < -0.39 is 24.0 Å². The predicted molar refractivity (Wildman–Crippen MR) is 540 cm³/mol. The van der Waals surface area contributed by atoms with Crippen LogP contribution in [0.4, 0.5) is 34.1 Å². The van der Waals surface area contributed by atoms with Crippen molar-refractivity contribution < 1.29 is 77.3 Å². The number of phenols is 2. The fraction of sp³-hybridized carbons (Fsp3) is 0.276. The van der Waals surface area contributed by atoms with Gasteiger partial charge >= 0.3 is 0 Å². The molecule has 0 atom stereocenters. The summed E-state index contributed by atoms with van der Waals surface area (Å²) in [7, 11) is 19.5. The first-order chi connectivity index (χ1) is 65.4. The van der Waals surface area contributed by atoms with Crippen molar-refractivity contribution in [1.29, 1.82) is 0 Å². The van der Waals surface area contributed by atoms with Gasteiger partial charge in [0, 0.05) is 117 Å². The lowest BCUT2D eigenvalue weighted by Crippen LogP contribution is -2.51. The summed E-state index contributed by atoms with van der Waals surface area (Å²) in [5, 5.41) is 52.6. The number of methoxy groups -OCH3 is 12. The number of aliphatic hydroxyl groups excluding tert-OH is 2. The molecule has 0 aliphatic heterocycles. The molecule has 1 aliphatic rings. The normalized spacial score (nSPS) is 13.9. The summed E-state index contributed by atoms with van der Waals surface area (Å²) in [6, 6.07) is 85.7. The standard InChI is InChI=1S/C116H122N2O16/c1-17-21-25-71-29-37-75(38-30-71)91-57-79(109-101(127-9)63-85(123-5)64-102(109)128-10)45-53-95(91)117(96-54-46-80(110-103(129-11)65-86(124-6)66-104(110)130-12)58-92(96)76-39-31-72(32-40-76)26-22-18-2)83-49-51-89(99(119)61-83)113-115(121)114(116(113)122)90-52-50-84(62-100(90)120)118(97-55-47-81(111-105(131-13)67-87(125-7)68-106(111)132-14)59-93(97)77-41-33-73(34-42-77)27-23-19-3)98-56-48-82(112-107(133-15)69-88(126-8)70-108(112)134-16)60-94(98)78-43-35-74(36-44-78)28-24-20-4/h29-70,113-116,119-122H,17-28H2,1-16H3. The number of benzene rings is 14. The minimum atomic E-state index is -1.32. The summed E-state index contributed by atoms with van der Waals surface area (Å²) in [6.45, 7) is 8.79. The highest BCUT2D eigenvalue weighted by atomic mass is 16.5. The fourth-order valence-corrected chi connectivity index (χ4v) is 18.7. The van der Waals surface area contributed by atoms with Crippen LogP contribution in [0.5, 0.6) is 80.5 Å². The van der Waals surface area contributed by atoms with Gasteiger partial charge in [-0.2, -0.15) is 0 Å². The average molecular weight is 1800 g/mol. The van der Waals surface area contributed by atoms with Gasteiger partial charge in [0.2, 0.25) is 0 Å². The van der Waals surface area contributed by atoms with Crippen molar-refractivity contribution >= 4 is 34.1 Å². The van der Waals surface area contributed by atoms with E-state index in [1.54, 1.807) is 110 Å². The van der Waals surface area contributed by atoms with Crippen molar-refractivity contribution in [2.24, 2.45) is 0 Å². The summed E-state index contributed by atoms with van der Waals surface area (Å²) in [5.74, 6) is 4.19. The van der Waals surface area contributed by atoms with Crippen LogP contribution in [0.25, 0.3) is 89.0 Å². The second-order valence-electron chi connectivity index (χ2n) is 33.9. The van der Waals surface area contributed by atoms with Crippen LogP contribution in [0.3, 0.4) is 0 Å². The van der Waals surface area contributed by atoms with Crippen molar-refractivity contribution in [3.8, 4) is 170 Å². The smallest absolute Gasteiger partial charge is 0.134 e. The molecule has 0 radical (unpaired) electrons. The number of nitrogens with zero attached hydrogens (tertiary/aromatic N) is 2. The van der Waals surface area contributed by atoms with Crippen LogP contribution in [0.15, 0.2) is 255 Å². The van der Waals surface area contributed by atoms with Gasteiger partial charge in [-0.25, -0.2) is 0 Å². The molecule has 1 aliphatic carbocycles. The molecular formula is C116H122N2O16. The molecule has 4 N–H and O–H groups in total. The molecule has 14 aromatic rings. The van der Waals surface area contributed by atoms with Crippen LogP contribution in [0.1, 0.15) is 124 Å². The average Bonchev–Trinajstić information content (AvgIpc) is 0.731. The molecule has 14 aromatic carbocycles. The highest BCUT2D eigenvalue weighted by molar-refractivity contribution is 6.01. The molecule has 15 rings (SSSR count). The van der Waals surface area contributed by atoms with E-state index in [9.17, 15) is 20.4 Å². The van der Waals surface area contributed by atoms with E-state index in [1.165, 1.54) is 22.3 Å². The van der Waals surface area contributed by atoms with Crippen molar-refractivity contribution in [3.63, 3.8) is 0 Å². The van der Waals surface area contributed by atoms with Crippen molar-refractivity contribution in [2.45, 2.75) is 129 Å². The van der Waals surface area contributed by atoms with Gasteiger partial charge in [0.25, 0.3) is 0 Å². The van der Waals surface area contributed by atoms with E-state index in [-0.39, 0.29) is 11.5 Å². The second-order valence-corrected chi connectivity index (χ2v) is 33.9. The number of aliphatic hydroxyl groups is 2. The van der Waals surface area contributed by atoms with E-state index in [0.29, 0.717) is 114 Å². The number of anilines is 6. The lowest BCUT2D eigenvalue weighted by molar-refractivity contribution is -0.0797. The quantitative estimate of drug-likeness (QED) is 0.0282. The molecule has 0 saturated heterocycles. The number of rotatable bonds is 40. The first kappa shape index (κ1) is 94.4. The molecule has 0 aromatic heterocycles.